The summed E-state index contributed by atoms with van der Waals surface area (Å²) in [5.41, 5.74) is 1.38. The van der Waals surface area contributed by atoms with E-state index in [0.717, 1.165) is 11.2 Å². The maximum absolute atomic E-state index is 11.2. The zero-order chi connectivity index (χ0) is 8.72. The minimum Gasteiger partial charge on any atom is -0.267 e. The van der Waals surface area contributed by atoms with E-state index in [1.165, 1.54) is 0 Å². The number of nitrogens with zero attached hydrogens (tertiary/aromatic N) is 3. The average Bonchev–Trinajstić information content (AvgIpc) is 2.42. The van der Waals surface area contributed by atoms with Gasteiger partial charge in [-0.1, -0.05) is 0 Å². The van der Waals surface area contributed by atoms with E-state index < -0.39 is 0 Å². The Morgan fingerprint density at radius 1 is 1.58 bits per heavy atom. The van der Waals surface area contributed by atoms with Crippen molar-refractivity contribution < 1.29 is 0 Å². The Morgan fingerprint density at radius 3 is 3.00 bits per heavy atom. The molecular weight excluding hydrogens is 156 g/mol. The van der Waals surface area contributed by atoms with Crippen molar-refractivity contribution in [1.82, 2.24) is 20.0 Å². The van der Waals surface area contributed by atoms with Crippen LogP contribution in [-0.4, -0.2) is 20.0 Å². The molecule has 0 fully saturated rings. The first-order valence-corrected chi connectivity index (χ1v) is 3.57. The minimum absolute atomic E-state index is 0.191. The van der Waals surface area contributed by atoms with Crippen molar-refractivity contribution in [3.05, 3.63) is 22.2 Å². The number of aromatic nitrogens is 4. The van der Waals surface area contributed by atoms with Gasteiger partial charge in [-0.25, -0.2) is 5.10 Å². The highest BCUT2D eigenvalue weighted by Crippen LogP contribution is 2.08. The lowest BCUT2D eigenvalue weighted by atomic mass is 10.3. The smallest absolute Gasteiger partial charge is 0.267 e. The molecule has 0 saturated heterocycles. The molecular formula is C7H8N4O. The Labute approximate surface area is 68.0 Å². The first-order chi connectivity index (χ1) is 5.70. The molecule has 5 heteroatoms. The van der Waals surface area contributed by atoms with Gasteiger partial charge in [0.05, 0.1) is 22.8 Å². The van der Waals surface area contributed by atoms with Crippen LogP contribution in [0.15, 0.2) is 11.0 Å². The molecule has 62 valence electrons. The van der Waals surface area contributed by atoms with E-state index in [1.54, 1.807) is 17.9 Å². The van der Waals surface area contributed by atoms with E-state index in [2.05, 4.69) is 15.3 Å². The van der Waals surface area contributed by atoms with Gasteiger partial charge in [0.25, 0.3) is 5.56 Å². The van der Waals surface area contributed by atoms with Gasteiger partial charge in [-0.05, 0) is 6.92 Å². The standard InChI is InChI=1S/C7H8N4O/c1-4-6-5(3-8-11(6)2)7(12)10-9-4/h3H,1-2H3,(H,10,12). The van der Waals surface area contributed by atoms with Crippen LogP contribution in [0.25, 0.3) is 10.9 Å². The maximum Gasteiger partial charge on any atom is 0.275 e. The molecule has 0 aliphatic rings. The van der Waals surface area contributed by atoms with Crippen molar-refractivity contribution in [3.8, 4) is 0 Å². The zero-order valence-electron chi connectivity index (χ0n) is 6.83. The molecule has 0 aromatic carbocycles. The molecule has 0 aliphatic carbocycles. The Kier molecular flexibility index (Phi) is 1.27. The fourth-order valence-electron chi connectivity index (χ4n) is 1.28. The van der Waals surface area contributed by atoms with Gasteiger partial charge in [0.2, 0.25) is 0 Å². The zero-order valence-corrected chi connectivity index (χ0v) is 6.83. The Morgan fingerprint density at radius 2 is 2.33 bits per heavy atom. The molecule has 0 atom stereocenters. The number of aromatic amines is 1. The molecule has 0 bridgehead atoms. The van der Waals surface area contributed by atoms with Crippen LogP contribution >= 0.6 is 0 Å². The van der Waals surface area contributed by atoms with Crippen LogP contribution in [-0.2, 0) is 7.05 Å². The molecule has 0 aliphatic heterocycles. The van der Waals surface area contributed by atoms with Gasteiger partial charge in [-0.15, -0.1) is 0 Å². The van der Waals surface area contributed by atoms with Gasteiger partial charge in [0.15, 0.2) is 0 Å². The molecule has 2 rings (SSSR count). The highest BCUT2D eigenvalue weighted by Gasteiger charge is 2.06. The molecule has 0 radical (unpaired) electrons. The summed E-state index contributed by atoms with van der Waals surface area (Å²) >= 11 is 0. The average molecular weight is 164 g/mol. The van der Waals surface area contributed by atoms with E-state index in [0.29, 0.717) is 5.39 Å². The van der Waals surface area contributed by atoms with Gasteiger partial charge in [-0.3, -0.25) is 9.48 Å². The van der Waals surface area contributed by atoms with Crippen molar-refractivity contribution in [2.75, 3.05) is 0 Å². The van der Waals surface area contributed by atoms with Gasteiger partial charge < -0.3 is 0 Å². The lowest BCUT2D eigenvalue weighted by Gasteiger charge is -1.95. The Bertz CT molecular complexity index is 482. The lowest BCUT2D eigenvalue weighted by molar-refractivity contribution is 0.789. The summed E-state index contributed by atoms with van der Waals surface area (Å²) < 4.78 is 1.65. The molecule has 12 heavy (non-hydrogen) atoms. The van der Waals surface area contributed by atoms with E-state index >= 15 is 0 Å². The number of aryl methyl sites for hydroxylation is 2. The van der Waals surface area contributed by atoms with Crippen molar-refractivity contribution in [2.24, 2.45) is 7.05 Å². The van der Waals surface area contributed by atoms with Gasteiger partial charge in [0.1, 0.15) is 0 Å². The van der Waals surface area contributed by atoms with Gasteiger partial charge >= 0.3 is 0 Å². The summed E-state index contributed by atoms with van der Waals surface area (Å²) in [6.07, 6.45) is 1.54. The number of fused-ring (bicyclic) bond motifs is 1. The predicted octanol–water partition coefficient (Wildman–Crippen LogP) is -0.0350. The summed E-state index contributed by atoms with van der Waals surface area (Å²) in [5, 5.41) is 10.8. The Hall–Kier alpha value is -1.65. The first-order valence-electron chi connectivity index (χ1n) is 3.57. The highest BCUT2D eigenvalue weighted by atomic mass is 16.1. The lowest BCUT2D eigenvalue weighted by Crippen LogP contribution is -2.09. The summed E-state index contributed by atoms with van der Waals surface area (Å²) in [7, 11) is 1.79. The molecule has 0 amide bonds. The van der Waals surface area contributed by atoms with Crippen LogP contribution in [0.1, 0.15) is 5.69 Å². The van der Waals surface area contributed by atoms with Crippen LogP contribution in [0, 0.1) is 6.92 Å². The quantitative estimate of drug-likeness (QED) is 0.594. The second kappa shape index (κ2) is 2.17. The van der Waals surface area contributed by atoms with E-state index in [1.807, 2.05) is 6.92 Å². The first kappa shape index (κ1) is 7.02. The monoisotopic (exact) mass is 164 g/mol. The summed E-state index contributed by atoms with van der Waals surface area (Å²) in [6, 6.07) is 0. The van der Waals surface area contributed by atoms with Crippen LogP contribution in [0.3, 0.4) is 0 Å². The summed E-state index contributed by atoms with van der Waals surface area (Å²) in [5.74, 6) is 0. The predicted molar refractivity (Wildman–Crippen MR) is 43.9 cm³/mol. The molecule has 2 aromatic heterocycles. The van der Waals surface area contributed by atoms with E-state index in [4.69, 9.17) is 0 Å². The number of H-pyrrole nitrogens is 1. The molecule has 5 nitrogen and oxygen atoms in total. The maximum atomic E-state index is 11.2. The number of hydrogen-bond acceptors (Lipinski definition) is 3. The van der Waals surface area contributed by atoms with Crippen molar-refractivity contribution in [3.63, 3.8) is 0 Å². The van der Waals surface area contributed by atoms with E-state index in [9.17, 15) is 4.79 Å². The van der Waals surface area contributed by atoms with Crippen LogP contribution < -0.4 is 5.56 Å². The van der Waals surface area contributed by atoms with Crippen LogP contribution in [0.2, 0.25) is 0 Å². The van der Waals surface area contributed by atoms with Gasteiger partial charge in [-0.2, -0.15) is 10.2 Å². The number of nitrogens with one attached hydrogen (secondary N) is 1. The molecule has 2 heterocycles. The van der Waals surface area contributed by atoms with Crippen molar-refractivity contribution >= 4 is 10.9 Å². The third-order valence-corrected chi connectivity index (χ3v) is 1.85. The highest BCUT2D eigenvalue weighted by molar-refractivity contribution is 5.78. The molecule has 0 spiro atoms. The normalized spacial score (nSPS) is 10.8. The molecule has 2 aromatic rings. The second-order valence-corrected chi connectivity index (χ2v) is 2.67. The van der Waals surface area contributed by atoms with Gasteiger partial charge in [0, 0.05) is 7.05 Å². The fraction of sp³-hybridized carbons (Fsp3) is 0.286. The van der Waals surface area contributed by atoms with Crippen molar-refractivity contribution in [1.29, 1.82) is 0 Å². The third kappa shape index (κ3) is 0.761. The van der Waals surface area contributed by atoms with Crippen LogP contribution in [0.4, 0.5) is 0 Å². The van der Waals surface area contributed by atoms with E-state index in [-0.39, 0.29) is 5.56 Å². The van der Waals surface area contributed by atoms with Crippen molar-refractivity contribution in [2.45, 2.75) is 6.92 Å². The Balaban J connectivity index is 3.09. The van der Waals surface area contributed by atoms with Crippen LogP contribution in [0.5, 0.6) is 0 Å². The SMILES string of the molecule is Cc1n[nH]c(=O)c2cnn(C)c12. The fourth-order valence-corrected chi connectivity index (χ4v) is 1.28. The summed E-state index contributed by atoms with van der Waals surface area (Å²) in [4.78, 5) is 11.2. The minimum atomic E-state index is -0.191. The molecule has 1 N–H and O–H groups in total. The number of hydrogen-bond donors (Lipinski definition) is 1. The molecule has 0 unspecified atom stereocenters. The topological polar surface area (TPSA) is 63.6 Å². The molecule has 0 saturated carbocycles. The second-order valence-electron chi connectivity index (χ2n) is 2.67. The third-order valence-electron chi connectivity index (χ3n) is 1.85. The largest absolute Gasteiger partial charge is 0.275 e. The summed E-state index contributed by atoms with van der Waals surface area (Å²) in [6.45, 7) is 1.83. The number of rotatable bonds is 0.